The predicted octanol–water partition coefficient (Wildman–Crippen LogP) is 2.39. The van der Waals surface area contributed by atoms with Gasteiger partial charge in [0.25, 0.3) is 0 Å². The van der Waals surface area contributed by atoms with Crippen LogP contribution in [0.25, 0.3) is 0 Å². The highest BCUT2D eigenvalue weighted by Gasteiger charge is 2.24. The van der Waals surface area contributed by atoms with Crippen molar-refractivity contribution < 1.29 is 14.2 Å². The lowest BCUT2D eigenvalue weighted by Crippen LogP contribution is -2.48. The summed E-state index contributed by atoms with van der Waals surface area (Å²) in [7, 11) is 0. The van der Waals surface area contributed by atoms with Gasteiger partial charge in [-0.25, -0.2) is 0 Å². The lowest BCUT2D eigenvalue weighted by Gasteiger charge is -2.32. The predicted molar refractivity (Wildman–Crippen MR) is 109 cm³/mol. The summed E-state index contributed by atoms with van der Waals surface area (Å²) in [6.45, 7) is 10.5. The number of morpholine rings is 1. The van der Waals surface area contributed by atoms with Gasteiger partial charge in [0.05, 0.1) is 19.3 Å². The molecule has 0 aromatic heterocycles. The van der Waals surface area contributed by atoms with E-state index in [2.05, 4.69) is 42.8 Å². The molecule has 1 saturated heterocycles. The normalized spacial score (nSPS) is 20.8. The second kappa shape index (κ2) is 8.44. The third-order valence-corrected chi connectivity index (χ3v) is 4.53. The summed E-state index contributed by atoms with van der Waals surface area (Å²) in [6, 6.07) is 6.11. The maximum Gasteiger partial charge on any atom is 0.191 e. The van der Waals surface area contributed by atoms with Crippen molar-refractivity contribution in [1.29, 1.82) is 0 Å². The van der Waals surface area contributed by atoms with Crippen LogP contribution in [0.3, 0.4) is 0 Å². The van der Waals surface area contributed by atoms with E-state index in [0.717, 1.165) is 24.6 Å². The molecule has 0 radical (unpaired) electrons. The minimum atomic E-state index is -0.141. The number of hydrogen-bond acceptors (Lipinski definition) is 4. The zero-order valence-electron chi connectivity index (χ0n) is 15.2. The number of benzene rings is 1. The number of aliphatic imine (C=N–C) groups is 1. The first kappa shape index (κ1) is 20.1. The van der Waals surface area contributed by atoms with Crippen molar-refractivity contribution in [2.75, 3.05) is 39.5 Å². The molecular weight excluding hydrogens is 433 g/mol. The van der Waals surface area contributed by atoms with Crippen LogP contribution < -0.4 is 15.2 Å². The summed E-state index contributed by atoms with van der Waals surface area (Å²) >= 11 is 0. The monoisotopic (exact) mass is 461 g/mol. The molecule has 2 aliphatic rings. The van der Waals surface area contributed by atoms with Crippen molar-refractivity contribution in [3.05, 3.63) is 23.8 Å². The number of halogens is 1. The van der Waals surface area contributed by atoms with E-state index in [4.69, 9.17) is 19.9 Å². The number of fused-ring (bicyclic) bond motifs is 1. The Morgan fingerprint density at radius 2 is 1.96 bits per heavy atom. The summed E-state index contributed by atoms with van der Waals surface area (Å²) < 4.78 is 16.8. The van der Waals surface area contributed by atoms with Crippen LogP contribution in [0.15, 0.2) is 23.2 Å². The lowest BCUT2D eigenvalue weighted by molar-refractivity contribution is 0.00527. The van der Waals surface area contributed by atoms with Crippen LogP contribution in [0.5, 0.6) is 11.5 Å². The Morgan fingerprint density at radius 1 is 1.24 bits per heavy atom. The highest BCUT2D eigenvalue weighted by Crippen LogP contribution is 2.35. The average Bonchev–Trinajstić information content (AvgIpc) is 2.59. The summed E-state index contributed by atoms with van der Waals surface area (Å²) in [5.41, 5.74) is 7.21. The van der Waals surface area contributed by atoms with E-state index < -0.39 is 0 Å². The van der Waals surface area contributed by atoms with Gasteiger partial charge < -0.3 is 24.8 Å². The molecule has 1 aromatic carbocycles. The zero-order valence-corrected chi connectivity index (χ0v) is 17.5. The Bertz CT molecular complexity index is 622. The fourth-order valence-electron chi connectivity index (χ4n) is 2.96. The summed E-state index contributed by atoms with van der Waals surface area (Å²) in [6.07, 6.45) is 0.193. The Hall–Kier alpha value is -1.22. The van der Waals surface area contributed by atoms with Gasteiger partial charge in [-0.15, -0.1) is 24.0 Å². The van der Waals surface area contributed by atoms with Crippen LogP contribution >= 0.6 is 24.0 Å². The summed E-state index contributed by atoms with van der Waals surface area (Å²) in [5, 5.41) is 0. The van der Waals surface area contributed by atoms with Gasteiger partial charge in [0.1, 0.15) is 13.2 Å². The number of guanidine groups is 1. The molecule has 3 rings (SSSR count). The molecule has 0 saturated carbocycles. The maximum atomic E-state index is 6.18. The molecule has 2 aliphatic heterocycles. The van der Waals surface area contributed by atoms with Gasteiger partial charge in [-0.05, 0) is 24.6 Å². The first-order valence-electron chi connectivity index (χ1n) is 8.52. The Balaban J connectivity index is 0.00000225. The topological polar surface area (TPSA) is 69.3 Å². The molecule has 140 valence electrons. The highest BCUT2D eigenvalue weighted by atomic mass is 127. The Kier molecular flexibility index (Phi) is 6.79. The van der Waals surface area contributed by atoms with Crippen LogP contribution in [0.2, 0.25) is 0 Å². The minimum absolute atomic E-state index is 0. The van der Waals surface area contributed by atoms with Crippen molar-refractivity contribution in [2.45, 2.75) is 32.3 Å². The molecular formula is C18H28IN3O3. The largest absolute Gasteiger partial charge is 0.486 e. The molecule has 2 heterocycles. The standard InChI is InChI=1S/C18H27N3O3.HI/c1-13-11-21(6-7-22-13)17(19)20-12-18(2,3)14-4-5-15-16(10-14)24-9-8-23-15;/h4-5,10,13H,6-9,11-12H2,1-3H3,(H2,19,20);1H. The molecule has 1 aromatic rings. The molecule has 2 N–H and O–H groups in total. The summed E-state index contributed by atoms with van der Waals surface area (Å²) in [4.78, 5) is 6.73. The van der Waals surface area contributed by atoms with Crippen LogP contribution in [0.1, 0.15) is 26.3 Å². The number of hydrogen-bond donors (Lipinski definition) is 1. The number of rotatable bonds is 3. The van der Waals surface area contributed by atoms with Gasteiger partial charge in [-0.3, -0.25) is 4.99 Å². The van der Waals surface area contributed by atoms with E-state index in [-0.39, 0.29) is 35.5 Å². The van der Waals surface area contributed by atoms with E-state index in [9.17, 15) is 0 Å². The Morgan fingerprint density at radius 3 is 2.68 bits per heavy atom. The van der Waals surface area contributed by atoms with Gasteiger partial charge in [-0.1, -0.05) is 19.9 Å². The van der Waals surface area contributed by atoms with Gasteiger partial charge in [-0.2, -0.15) is 0 Å². The fourth-order valence-corrected chi connectivity index (χ4v) is 2.96. The molecule has 0 aliphatic carbocycles. The number of nitrogens with zero attached hydrogens (tertiary/aromatic N) is 2. The van der Waals surface area contributed by atoms with E-state index in [0.29, 0.717) is 32.3 Å². The second-order valence-electron chi connectivity index (χ2n) is 7.04. The van der Waals surface area contributed by atoms with Crippen molar-refractivity contribution in [1.82, 2.24) is 4.90 Å². The molecule has 7 heteroatoms. The SMILES string of the molecule is CC1CN(C(N)=NCC(C)(C)c2ccc3c(c2)OCCO3)CCO1.I. The highest BCUT2D eigenvalue weighted by molar-refractivity contribution is 14.0. The molecule has 1 unspecified atom stereocenters. The first-order valence-corrected chi connectivity index (χ1v) is 8.52. The fraction of sp³-hybridized carbons (Fsp3) is 0.611. The van der Waals surface area contributed by atoms with Crippen molar-refractivity contribution in [2.24, 2.45) is 10.7 Å². The van der Waals surface area contributed by atoms with Crippen molar-refractivity contribution in [3.63, 3.8) is 0 Å². The van der Waals surface area contributed by atoms with Crippen LogP contribution in [0, 0.1) is 0 Å². The molecule has 0 spiro atoms. The number of ether oxygens (including phenoxy) is 3. The molecule has 0 bridgehead atoms. The second-order valence-corrected chi connectivity index (χ2v) is 7.04. The molecule has 25 heavy (non-hydrogen) atoms. The minimum Gasteiger partial charge on any atom is -0.486 e. The third kappa shape index (κ3) is 4.91. The van der Waals surface area contributed by atoms with Crippen molar-refractivity contribution >= 4 is 29.9 Å². The summed E-state index contributed by atoms with van der Waals surface area (Å²) in [5.74, 6) is 2.22. The van der Waals surface area contributed by atoms with Gasteiger partial charge in [0.2, 0.25) is 0 Å². The van der Waals surface area contributed by atoms with Crippen LogP contribution in [-0.2, 0) is 10.2 Å². The van der Waals surface area contributed by atoms with Gasteiger partial charge in [0.15, 0.2) is 17.5 Å². The molecule has 6 nitrogen and oxygen atoms in total. The zero-order chi connectivity index (χ0) is 17.2. The van der Waals surface area contributed by atoms with Crippen LogP contribution in [0.4, 0.5) is 0 Å². The third-order valence-electron chi connectivity index (χ3n) is 4.53. The van der Waals surface area contributed by atoms with Gasteiger partial charge >= 0.3 is 0 Å². The average molecular weight is 461 g/mol. The van der Waals surface area contributed by atoms with E-state index >= 15 is 0 Å². The van der Waals surface area contributed by atoms with E-state index in [1.54, 1.807) is 0 Å². The van der Waals surface area contributed by atoms with Crippen molar-refractivity contribution in [3.8, 4) is 11.5 Å². The van der Waals surface area contributed by atoms with Crippen LogP contribution in [-0.4, -0.2) is 56.4 Å². The quantitative estimate of drug-likeness (QED) is 0.426. The molecule has 1 fully saturated rings. The van der Waals surface area contributed by atoms with E-state index in [1.807, 2.05) is 6.07 Å². The van der Waals surface area contributed by atoms with E-state index in [1.165, 1.54) is 5.56 Å². The lowest BCUT2D eigenvalue weighted by atomic mass is 9.84. The molecule has 1 atom stereocenters. The smallest absolute Gasteiger partial charge is 0.191 e. The van der Waals surface area contributed by atoms with Gasteiger partial charge in [0, 0.05) is 18.5 Å². The molecule has 0 amide bonds. The number of nitrogens with two attached hydrogens (primary N) is 1. The Labute approximate surface area is 166 Å². The maximum absolute atomic E-state index is 6.18. The first-order chi connectivity index (χ1) is 11.5.